The number of hydrogen-bond acceptors (Lipinski definition) is 3. The molecule has 0 bridgehead atoms. The van der Waals surface area contributed by atoms with Crippen molar-refractivity contribution in [2.75, 3.05) is 25.5 Å². The van der Waals surface area contributed by atoms with E-state index in [0.29, 0.717) is 24.5 Å². The van der Waals surface area contributed by atoms with Crippen LogP contribution in [0.15, 0.2) is 36.5 Å². The molecule has 2 N–H and O–H groups in total. The van der Waals surface area contributed by atoms with Crippen molar-refractivity contribution >= 4 is 17.8 Å². The summed E-state index contributed by atoms with van der Waals surface area (Å²) < 4.78 is 14.5. The number of urea groups is 1. The van der Waals surface area contributed by atoms with Gasteiger partial charge in [-0.15, -0.1) is 0 Å². The Bertz CT molecular complexity index is 759. The molecule has 0 spiro atoms. The average molecular weight is 345 g/mol. The predicted octanol–water partition coefficient (Wildman–Crippen LogP) is 2.00. The zero-order valence-electron chi connectivity index (χ0n) is 13.9. The zero-order valence-corrected chi connectivity index (χ0v) is 13.9. The fourth-order valence-electron chi connectivity index (χ4n) is 2.89. The molecule has 1 aromatic heterocycles. The van der Waals surface area contributed by atoms with Gasteiger partial charge in [-0.3, -0.25) is 10.1 Å². The van der Waals surface area contributed by atoms with E-state index in [9.17, 15) is 14.0 Å². The molecule has 3 amide bonds. The van der Waals surface area contributed by atoms with Gasteiger partial charge in [-0.25, -0.2) is 13.9 Å². The van der Waals surface area contributed by atoms with Crippen LogP contribution in [0.4, 0.5) is 15.0 Å². The second-order valence-electron chi connectivity index (χ2n) is 6.12. The van der Waals surface area contributed by atoms with Crippen molar-refractivity contribution in [3.63, 3.8) is 0 Å². The summed E-state index contributed by atoms with van der Waals surface area (Å²) in [6.07, 6.45) is 2.84. The second-order valence-corrected chi connectivity index (χ2v) is 6.12. The van der Waals surface area contributed by atoms with Gasteiger partial charge in [0.25, 0.3) is 0 Å². The maximum atomic E-state index is 13.0. The van der Waals surface area contributed by atoms with Crippen LogP contribution in [0.5, 0.6) is 0 Å². The molecule has 3 rings (SSSR count). The summed E-state index contributed by atoms with van der Waals surface area (Å²) in [4.78, 5) is 25.2. The summed E-state index contributed by atoms with van der Waals surface area (Å²) in [5, 5.41) is 9.65. The van der Waals surface area contributed by atoms with Crippen molar-refractivity contribution in [2.24, 2.45) is 5.92 Å². The van der Waals surface area contributed by atoms with E-state index in [-0.39, 0.29) is 23.7 Å². The fraction of sp³-hybridized carbons (Fsp3) is 0.353. The third-order valence-corrected chi connectivity index (χ3v) is 4.21. The number of halogens is 1. The van der Waals surface area contributed by atoms with E-state index in [0.717, 1.165) is 13.0 Å². The third-order valence-electron chi connectivity index (χ3n) is 4.21. The minimum absolute atomic E-state index is 0.151. The number of benzene rings is 1. The van der Waals surface area contributed by atoms with E-state index >= 15 is 0 Å². The first kappa shape index (κ1) is 16.9. The summed E-state index contributed by atoms with van der Waals surface area (Å²) in [5.74, 6) is 0.583. The van der Waals surface area contributed by atoms with E-state index in [2.05, 4.69) is 15.7 Å². The summed E-state index contributed by atoms with van der Waals surface area (Å²) in [7, 11) is 1.79. The quantitative estimate of drug-likeness (QED) is 0.870. The average Bonchev–Trinajstić information content (AvgIpc) is 3.15. The maximum Gasteiger partial charge on any atom is 0.320 e. The van der Waals surface area contributed by atoms with Crippen LogP contribution in [0, 0.1) is 11.7 Å². The number of nitrogens with one attached hydrogen (secondary N) is 2. The SMILES string of the molecule is CN1CC(CCNC(=O)Nc2ccnn2-c2ccc(F)cc2)CC1=O. The summed E-state index contributed by atoms with van der Waals surface area (Å²) in [6.45, 7) is 1.22. The molecule has 1 atom stereocenters. The number of carbonyl (C=O) groups excluding carboxylic acids is 2. The van der Waals surface area contributed by atoms with Gasteiger partial charge in [0.15, 0.2) is 0 Å². The lowest BCUT2D eigenvalue weighted by atomic mass is 10.1. The maximum absolute atomic E-state index is 13.0. The Kier molecular flexibility index (Phi) is 4.97. The van der Waals surface area contributed by atoms with E-state index in [1.807, 2.05) is 0 Å². The van der Waals surface area contributed by atoms with Gasteiger partial charge in [0.05, 0.1) is 11.9 Å². The van der Waals surface area contributed by atoms with Crippen LogP contribution in [-0.2, 0) is 4.79 Å². The highest BCUT2D eigenvalue weighted by atomic mass is 19.1. The molecule has 132 valence electrons. The van der Waals surface area contributed by atoms with Crippen molar-refractivity contribution in [1.29, 1.82) is 0 Å². The second kappa shape index (κ2) is 7.33. The number of likely N-dealkylation sites (tertiary alicyclic amines) is 1. The van der Waals surface area contributed by atoms with Crippen molar-refractivity contribution < 1.29 is 14.0 Å². The number of aromatic nitrogens is 2. The largest absolute Gasteiger partial charge is 0.345 e. The first-order valence-electron chi connectivity index (χ1n) is 8.11. The van der Waals surface area contributed by atoms with E-state index in [4.69, 9.17) is 0 Å². The lowest BCUT2D eigenvalue weighted by Gasteiger charge is -2.12. The Morgan fingerprint density at radius 3 is 2.76 bits per heavy atom. The molecule has 0 aliphatic carbocycles. The molecule has 1 aliphatic rings. The molecular weight excluding hydrogens is 325 g/mol. The van der Waals surface area contributed by atoms with Crippen molar-refractivity contribution in [3.05, 3.63) is 42.3 Å². The number of carbonyl (C=O) groups is 2. The Balaban J connectivity index is 1.51. The van der Waals surface area contributed by atoms with Crippen LogP contribution < -0.4 is 10.6 Å². The highest BCUT2D eigenvalue weighted by molar-refractivity contribution is 5.88. The Morgan fingerprint density at radius 2 is 2.08 bits per heavy atom. The topological polar surface area (TPSA) is 79.3 Å². The number of rotatable bonds is 5. The normalized spacial score (nSPS) is 17.0. The Labute approximate surface area is 144 Å². The van der Waals surface area contributed by atoms with E-state index < -0.39 is 0 Å². The molecule has 2 heterocycles. The van der Waals surface area contributed by atoms with Gasteiger partial charge in [-0.05, 0) is 36.6 Å². The molecule has 0 saturated carbocycles. The van der Waals surface area contributed by atoms with Gasteiger partial charge in [-0.1, -0.05) is 0 Å². The van der Waals surface area contributed by atoms with Crippen LogP contribution >= 0.6 is 0 Å². The molecule has 1 saturated heterocycles. The van der Waals surface area contributed by atoms with Crippen LogP contribution in [-0.4, -0.2) is 46.8 Å². The van der Waals surface area contributed by atoms with Crippen molar-refractivity contribution in [3.8, 4) is 5.69 Å². The summed E-state index contributed by atoms with van der Waals surface area (Å²) in [6, 6.07) is 7.15. The molecule has 1 unspecified atom stereocenters. The lowest BCUT2D eigenvalue weighted by Crippen LogP contribution is -2.31. The fourth-order valence-corrected chi connectivity index (χ4v) is 2.89. The van der Waals surface area contributed by atoms with E-state index in [1.165, 1.54) is 16.8 Å². The van der Waals surface area contributed by atoms with Crippen LogP contribution in [0.1, 0.15) is 12.8 Å². The highest BCUT2D eigenvalue weighted by Gasteiger charge is 2.26. The van der Waals surface area contributed by atoms with Gasteiger partial charge in [0.2, 0.25) is 5.91 Å². The first-order chi connectivity index (χ1) is 12.0. The molecule has 25 heavy (non-hydrogen) atoms. The van der Waals surface area contributed by atoms with Crippen molar-refractivity contribution in [2.45, 2.75) is 12.8 Å². The van der Waals surface area contributed by atoms with Gasteiger partial charge < -0.3 is 10.2 Å². The minimum atomic E-state index is -0.346. The molecular formula is C17H20FN5O2. The van der Waals surface area contributed by atoms with Gasteiger partial charge >= 0.3 is 6.03 Å². The number of hydrogen-bond donors (Lipinski definition) is 2. The Morgan fingerprint density at radius 1 is 1.32 bits per heavy atom. The molecule has 2 aromatic rings. The standard InChI is InChI=1S/C17H20FN5O2/c1-22-11-12(10-16(22)24)6-8-19-17(25)21-15-7-9-20-23(15)14-4-2-13(18)3-5-14/h2-5,7,9,12H,6,8,10-11H2,1H3,(H2,19,21,25). The number of anilines is 1. The van der Waals surface area contributed by atoms with Gasteiger partial charge in [-0.2, -0.15) is 5.10 Å². The Hall–Kier alpha value is -2.90. The first-order valence-corrected chi connectivity index (χ1v) is 8.11. The molecule has 1 aliphatic heterocycles. The lowest BCUT2D eigenvalue weighted by molar-refractivity contribution is -0.126. The number of amides is 3. The molecule has 1 fully saturated rings. The van der Waals surface area contributed by atoms with Gasteiger partial charge in [0.1, 0.15) is 11.6 Å². The minimum Gasteiger partial charge on any atom is -0.345 e. The summed E-state index contributed by atoms with van der Waals surface area (Å²) >= 11 is 0. The third kappa shape index (κ3) is 4.14. The molecule has 1 aromatic carbocycles. The molecule has 7 nitrogen and oxygen atoms in total. The predicted molar refractivity (Wildman–Crippen MR) is 90.9 cm³/mol. The monoisotopic (exact) mass is 345 g/mol. The van der Waals surface area contributed by atoms with Gasteiger partial charge in [0, 0.05) is 32.6 Å². The molecule has 0 radical (unpaired) electrons. The summed E-state index contributed by atoms with van der Waals surface area (Å²) in [5.41, 5.74) is 0.647. The zero-order chi connectivity index (χ0) is 17.8. The van der Waals surface area contributed by atoms with Crippen molar-refractivity contribution in [1.82, 2.24) is 20.0 Å². The van der Waals surface area contributed by atoms with Crippen LogP contribution in [0.2, 0.25) is 0 Å². The smallest absolute Gasteiger partial charge is 0.320 e. The highest BCUT2D eigenvalue weighted by Crippen LogP contribution is 2.19. The van der Waals surface area contributed by atoms with Crippen LogP contribution in [0.25, 0.3) is 5.69 Å². The number of nitrogens with zero attached hydrogens (tertiary/aromatic N) is 3. The van der Waals surface area contributed by atoms with Crippen LogP contribution in [0.3, 0.4) is 0 Å². The molecule has 8 heteroatoms. The van der Waals surface area contributed by atoms with E-state index in [1.54, 1.807) is 36.3 Å².